The molecule has 0 unspecified atom stereocenters. The third-order valence-corrected chi connectivity index (χ3v) is 4.91. The maximum absolute atomic E-state index is 12.1. The molecule has 0 saturated carbocycles. The van der Waals surface area contributed by atoms with Crippen LogP contribution in [0.25, 0.3) is 11.1 Å². The Morgan fingerprint density at radius 2 is 1.32 bits per heavy atom. The highest BCUT2D eigenvalue weighted by atomic mass is 16.5. The molecule has 3 heteroatoms. The Hall–Kier alpha value is -2.42. The second kappa shape index (κ2) is 12.1. The van der Waals surface area contributed by atoms with Gasteiger partial charge in [-0.1, -0.05) is 82.3 Å². The second-order valence-corrected chi connectivity index (χ2v) is 7.21. The molecule has 2 aromatic rings. The molecule has 0 aromatic heterocycles. The van der Waals surface area contributed by atoms with Crippen LogP contribution in [0, 0.1) is 0 Å². The fraction of sp³-hybridized carbons (Fsp3) is 0.440. The van der Waals surface area contributed by atoms with E-state index in [0.29, 0.717) is 12.0 Å². The van der Waals surface area contributed by atoms with Crippen LogP contribution in [0.2, 0.25) is 0 Å². The summed E-state index contributed by atoms with van der Waals surface area (Å²) in [6.45, 7) is 4.77. The SMILES string of the molecule is CCCCCCCCOc1ccc(-c2ccc(C(=O)CC(=O)CC)cc2)cc1. The third kappa shape index (κ3) is 7.30. The van der Waals surface area contributed by atoms with Crippen molar-refractivity contribution >= 4 is 11.6 Å². The molecule has 0 spiro atoms. The largest absolute Gasteiger partial charge is 0.494 e. The number of ketones is 2. The van der Waals surface area contributed by atoms with Gasteiger partial charge in [0.05, 0.1) is 13.0 Å². The van der Waals surface area contributed by atoms with Crippen LogP contribution in [0.5, 0.6) is 5.75 Å². The van der Waals surface area contributed by atoms with Gasteiger partial charge in [0.25, 0.3) is 0 Å². The first-order chi connectivity index (χ1) is 13.6. The van der Waals surface area contributed by atoms with E-state index in [1.807, 2.05) is 36.4 Å². The Labute approximate surface area is 169 Å². The van der Waals surface area contributed by atoms with Crippen LogP contribution in [0.3, 0.4) is 0 Å². The van der Waals surface area contributed by atoms with Gasteiger partial charge in [0.15, 0.2) is 5.78 Å². The molecule has 0 aliphatic carbocycles. The normalized spacial score (nSPS) is 10.6. The van der Waals surface area contributed by atoms with E-state index in [1.54, 1.807) is 19.1 Å². The van der Waals surface area contributed by atoms with Gasteiger partial charge in [-0.25, -0.2) is 0 Å². The first-order valence-electron chi connectivity index (χ1n) is 10.5. The molecule has 0 fully saturated rings. The summed E-state index contributed by atoms with van der Waals surface area (Å²) in [7, 11) is 0. The summed E-state index contributed by atoms with van der Waals surface area (Å²) >= 11 is 0. The van der Waals surface area contributed by atoms with Crippen LogP contribution in [0.1, 0.15) is 75.6 Å². The molecule has 0 amide bonds. The number of benzene rings is 2. The molecule has 0 saturated heterocycles. The molecule has 0 atom stereocenters. The zero-order chi connectivity index (χ0) is 20.2. The summed E-state index contributed by atoms with van der Waals surface area (Å²) in [5.74, 6) is 0.754. The van der Waals surface area contributed by atoms with Crippen LogP contribution in [0.15, 0.2) is 48.5 Å². The van der Waals surface area contributed by atoms with Crippen molar-refractivity contribution in [2.45, 2.75) is 65.2 Å². The van der Waals surface area contributed by atoms with Crippen LogP contribution in [-0.4, -0.2) is 18.2 Å². The second-order valence-electron chi connectivity index (χ2n) is 7.21. The average molecular weight is 381 g/mol. The minimum Gasteiger partial charge on any atom is -0.494 e. The van der Waals surface area contributed by atoms with E-state index in [2.05, 4.69) is 6.92 Å². The third-order valence-electron chi connectivity index (χ3n) is 4.91. The zero-order valence-electron chi connectivity index (χ0n) is 17.2. The molecule has 0 heterocycles. The average Bonchev–Trinajstić information content (AvgIpc) is 2.73. The number of hydrogen-bond acceptors (Lipinski definition) is 3. The first kappa shape index (κ1) is 21.9. The van der Waals surface area contributed by atoms with Gasteiger partial charge in [0.2, 0.25) is 0 Å². The molecule has 0 aliphatic rings. The minimum atomic E-state index is -0.114. The van der Waals surface area contributed by atoms with Crippen LogP contribution in [0.4, 0.5) is 0 Å². The lowest BCUT2D eigenvalue weighted by Crippen LogP contribution is -2.06. The standard InChI is InChI=1S/C25H32O3/c1-3-5-6-7-8-9-18-28-24-16-14-21(15-17-24)20-10-12-22(13-11-20)25(27)19-23(26)4-2/h10-17H,3-9,18-19H2,1-2H3. The zero-order valence-corrected chi connectivity index (χ0v) is 17.2. The number of carbonyl (C=O) groups is 2. The first-order valence-corrected chi connectivity index (χ1v) is 10.5. The Bertz CT molecular complexity index is 729. The van der Waals surface area contributed by atoms with E-state index in [1.165, 1.54) is 32.1 Å². The molecular formula is C25H32O3. The molecule has 0 aliphatic heterocycles. The van der Waals surface area contributed by atoms with E-state index in [9.17, 15) is 9.59 Å². The number of Topliss-reactive ketones (excluding diaryl/α,β-unsaturated/α-hetero) is 2. The molecular weight excluding hydrogens is 348 g/mol. The summed E-state index contributed by atoms with van der Waals surface area (Å²) in [5, 5.41) is 0. The van der Waals surface area contributed by atoms with Crippen molar-refractivity contribution in [3.8, 4) is 16.9 Å². The van der Waals surface area contributed by atoms with Gasteiger partial charge in [-0.05, 0) is 29.7 Å². The number of rotatable bonds is 13. The van der Waals surface area contributed by atoms with Gasteiger partial charge in [-0.15, -0.1) is 0 Å². The van der Waals surface area contributed by atoms with Crippen molar-refractivity contribution in [1.29, 1.82) is 0 Å². The van der Waals surface area contributed by atoms with E-state index < -0.39 is 0 Å². The van der Waals surface area contributed by atoms with Crippen LogP contribution < -0.4 is 4.74 Å². The lowest BCUT2D eigenvalue weighted by molar-refractivity contribution is -0.117. The fourth-order valence-corrected chi connectivity index (χ4v) is 3.07. The maximum atomic E-state index is 12.1. The van der Waals surface area contributed by atoms with Gasteiger partial charge in [-0.3, -0.25) is 9.59 Å². The van der Waals surface area contributed by atoms with E-state index in [0.717, 1.165) is 29.9 Å². The van der Waals surface area contributed by atoms with Gasteiger partial charge >= 0.3 is 0 Å². The van der Waals surface area contributed by atoms with Crippen molar-refractivity contribution in [2.75, 3.05) is 6.61 Å². The molecule has 0 N–H and O–H groups in total. The van der Waals surface area contributed by atoms with Crippen molar-refractivity contribution < 1.29 is 14.3 Å². The van der Waals surface area contributed by atoms with Crippen molar-refractivity contribution in [1.82, 2.24) is 0 Å². The number of hydrogen-bond donors (Lipinski definition) is 0. The number of unbranched alkanes of at least 4 members (excludes halogenated alkanes) is 5. The molecule has 2 aromatic carbocycles. The van der Waals surface area contributed by atoms with Gasteiger partial charge in [0, 0.05) is 12.0 Å². The quantitative estimate of drug-likeness (QED) is 0.222. The number of carbonyl (C=O) groups excluding carboxylic acids is 2. The monoisotopic (exact) mass is 380 g/mol. The summed E-state index contributed by atoms with van der Waals surface area (Å²) < 4.78 is 5.82. The van der Waals surface area contributed by atoms with Crippen LogP contribution >= 0.6 is 0 Å². The van der Waals surface area contributed by atoms with E-state index >= 15 is 0 Å². The molecule has 28 heavy (non-hydrogen) atoms. The van der Waals surface area contributed by atoms with E-state index in [-0.39, 0.29) is 18.0 Å². The predicted molar refractivity (Wildman–Crippen MR) is 115 cm³/mol. The molecule has 0 radical (unpaired) electrons. The lowest BCUT2D eigenvalue weighted by Gasteiger charge is -2.08. The Morgan fingerprint density at radius 3 is 1.93 bits per heavy atom. The summed E-state index contributed by atoms with van der Waals surface area (Å²) in [4.78, 5) is 23.5. The molecule has 150 valence electrons. The van der Waals surface area contributed by atoms with Gasteiger partial charge in [-0.2, -0.15) is 0 Å². The van der Waals surface area contributed by atoms with Crippen LogP contribution in [-0.2, 0) is 4.79 Å². The molecule has 3 nitrogen and oxygen atoms in total. The molecule has 0 bridgehead atoms. The predicted octanol–water partition coefficient (Wildman–Crippen LogP) is 6.64. The van der Waals surface area contributed by atoms with Crippen molar-refractivity contribution in [3.63, 3.8) is 0 Å². The summed E-state index contributed by atoms with van der Waals surface area (Å²) in [6.07, 6.45) is 7.94. The Kier molecular flexibility index (Phi) is 9.47. The van der Waals surface area contributed by atoms with E-state index in [4.69, 9.17) is 4.74 Å². The topological polar surface area (TPSA) is 43.4 Å². The van der Waals surface area contributed by atoms with Crippen molar-refractivity contribution in [3.05, 3.63) is 54.1 Å². The lowest BCUT2D eigenvalue weighted by atomic mass is 10.0. The molecule has 2 rings (SSSR count). The highest BCUT2D eigenvalue weighted by molar-refractivity contribution is 6.08. The summed E-state index contributed by atoms with van der Waals surface area (Å²) in [5.41, 5.74) is 2.71. The Morgan fingerprint density at radius 1 is 0.750 bits per heavy atom. The smallest absolute Gasteiger partial charge is 0.170 e. The van der Waals surface area contributed by atoms with Crippen molar-refractivity contribution in [2.24, 2.45) is 0 Å². The minimum absolute atomic E-state index is 0.0134. The number of ether oxygens (including phenoxy) is 1. The maximum Gasteiger partial charge on any atom is 0.170 e. The van der Waals surface area contributed by atoms with Gasteiger partial charge in [0.1, 0.15) is 11.5 Å². The highest BCUT2D eigenvalue weighted by Gasteiger charge is 2.10. The summed E-state index contributed by atoms with van der Waals surface area (Å²) in [6, 6.07) is 15.5. The Balaban J connectivity index is 1.82. The van der Waals surface area contributed by atoms with Gasteiger partial charge < -0.3 is 4.74 Å². The fourth-order valence-electron chi connectivity index (χ4n) is 3.07. The highest BCUT2D eigenvalue weighted by Crippen LogP contribution is 2.23.